The van der Waals surface area contributed by atoms with Crippen LogP contribution in [0.2, 0.25) is 0 Å². The van der Waals surface area contributed by atoms with Crippen molar-refractivity contribution in [3.8, 4) is 0 Å². The van der Waals surface area contributed by atoms with Crippen LogP contribution in [0.5, 0.6) is 0 Å². The van der Waals surface area contributed by atoms with Crippen molar-refractivity contribution in [2.24, 2.45) is 4.99 Å². The summed E-state index contributed by atoms with van der Waals surface area (Å²) in [5.41, 5.74) is 8.36. The van der Waals surface area contributed by atoms with Gasteiger partial charge in [0.15, 0.2) is 0 Å². The van der Waals surface area contributed by atoms with Crippen molar-refractivity contribution in [1.82, 2.24) is 9.88 Å². The lowest BCUT2D eigenvalue weighted by Gasteiger charge is -2.35. The Hall–Kier alpha value is -3.16. The standard InChI is InChI=1S/C26H29N3/c1-5-12-23(20-13-9-8-10-14-20)24(7-3)28-26-16-11-15-25(29(26)4)21-17-18-22(6-2)27-19-21/h6,8-10,12-14,17-19,25H,1-2,7,11,15-16H2,3-4H3/b24-23+,28-26?. The summed E-state index contributed by atoms with van der Waals surface area (Å²) in [4.78, 5) is 11.9. The first-order valence-electron chi connectivity index (χ1n) is 10.2. The fourth-order valence-corrected chi connectivity index (χ4v) is 3.80. The monoisotopic (exact) mass is 383 g/mol. The van der Waals surface area contributed by atoms with Gasteiger partial charge < -0.3 is 4.90 Å². The number of hydrogen-bond acceptors (Lipinski definition) is 2. The lowest BCUT2D eigenvalue weighted by Crippen LogP contribution is -2.35. The summed E-state index contributed by atoms with van der Waals surface area (Å²) < 4.78 is 0. The second-order valence-electron chi connectivity index (χ2n) is 7.20. The van der Waals surface area contributed by atoms with Crippen LogP contribution in [-0.2, 0) is 0 Å². The number of rotatable bonds is 6. The van der Waals surface area contributed by atoms with Gasteiger partial charge in [-0.3, -0.25) is 4.98 Å². The second-order valence-corrected chi connectivity index (χ2v) is 7.20. The number of aromatic nitrogens is 1. The Morgan fingerprint density at radius 3 is 2.69 bits per heavy atom. The minimum absolute atomic E-state index is 0.294. The van der Waals surface area contributed by atoms with Gasteiger partial charge in [0.1, 0.15) is 5.84 Å². The third-order valence-corrected chi connectivity index (χ3v) is 5.40. The summed E-state index contributed by atoms with van der Waals surface area (Å²) >= 11 is 0. The largest absolute Gasteiger partial charge is 0.356 e. The van der Waals surface area contributed by atoms with Crippen molar-refractivity contribution in [2.45, 2.75) is 38.6 Å². The summed E-state index contributed by atoms with van der Waals surface area (Å²) in [5, 5.41) is 0. The Morgan fingerprint density at radius 1 is 1.28 bits per heavy atom. The van der Waals surface area contributed by atoms with Gasteiger partial charge in [-0.1, -0.05) is 56.5 Å². The number of likely N-dealkylation sites (tertiary alicyclic amines) is 1. The van der Waals surface area contributed by atoms with Gasteiger partial charge in [-0.25, -0.2) is 4.99 Å². The molecule has 1 aromatic heterocycles. The molecule has 1 aliphatic rings. The lowest BCUT2D eigenvalue weighted by atomic mass is 9.96. The van der Waals surface area contributed by atoms with Gasteiger partial charge >= 0.3 is 0 Å². The van der Waals surface area contributed by atoms with E-state index in [4.69, 9.17) is 4.99 Å². The Balaban J connectivity index is 1.97. The van der Waals surface area contributed by atoms with Crippen molar-refractivity contribution in [1.29, 1.82) is 0 Å². The van der Waals surface area contributed by atoms with Crippen LogP contribution < -0.4 is 0 Å². The Kier molecular flexibility index (Phi) is 6.99. The van der Waals surface area contributed by atoms with E-state index in [0.717, 1.165) is 54.0 Å². The number of amidine groups is 1. The molecule has 1 unspecified atom stereocenters. The van der Waals surface area contributed by atoms with E-state index in [-0.39, 0.29) is 0 Å². The van der Waals surface area contributed by atoms with Crippen molar-refractivity contribution in [3.05, 3.63) is 96.1 Å². The molecule has 29 heavy (non-hydrogen) atoms. The molecule has 0 radical (unpaired) electrons. The predicted octanol–water partition coefficient (Wildman–Crippen LogP) is 6.44. The molecule has 3 nitrogen and oxygen atoms in total. The molecule has 1 fully saturated rings. The van der Waals surface area contributed by atoms with Crippen LogP contribution >= 0.6 is 0 Å². The predicted molar refractivity (Wildman–Crippen MR) is 123 cm³/mol. The number of aliphatic imine (C=N–C) groups is 1. The van der Waals surface area contributed by atoms with E-state index < -0.39 is 0 Å². The average Bonchev–Trinajstić information content (AvgIpc) is 2.78. The highest BCUT2D eigenvalue weighted by atomic mass is 15.2. The van der Waals surface area contributed by atoms with Crippen molar-refractivity contribution in [3.63, 3.8) is 0 Å². The average molecular weight is 384 g/mol. The molecule has 1 atom stereocenters. The molecule has 3 rings (SSSR count). The first-order valence-corrected chi connectivity index (χ1v) is 10.2. The quantitative estimate of drug-likeness (QED) is 0.424. The van der Waals surface area contributed by atoms with Gasteiger partial charge in [0, 0.05) is 25.2 Å². The maximum atomic E-state index is 5.13. The molecule has 3 heteroatoms. The van der Waals surface area contributed by atoms with Gasteiger partial charge in [-0.2, -0.15) is 0 Å². The minimum Gasteiger partial charge on any atom is -0.356 e. The van der Waals surface area contributed by atoms with Crippen LogP contribution in [0.1, 0.15) is 55.5 Å². The number of pyridine rings is 1. The van der Waals surface area contributed by atoms with E-state index in [0.29, 0.717) is 6.04 Å². The van der Waals surface area contributed by atoms with Crippen LogP contribution in [0.15, 0.2) is 84.3 Å². The minimum atomic E-state index is 0.294. The van der Waals surface area contributed by atoms with Gasteiger partial charge in [-0.05, 0) is 48.6 Å². The molecule has 148 valence electrons. The number of benzene rings is 1. The highest BCUT2D eigenvalue weighted by Crippen LogP contribution is 2.32. The van der Waals surface area contributed by atoms with Crippen molar-refractivity contribution in [2.75, 3.05) is 7.05 Å². The van der Waals surface area contributed by atoms with E-state index in [1.807, 2.05) is 24.4 Å². The highest BCUT2D eigenvalue weighted by Gasteiger charge is 2.25. The van der Waals surface area contributed by atoms with Crippen LogP contribution in [0, 0.1) is 0 Å². The Labute approximate surface area is 174 Å². The first kappa shape index (κ1) is 20.6. The number of allylic oxidation sites excluding steroid dienone is 3. The Bertz CT molecular complexity index is 945. The molecule has 0 N–H and O–H groups in total. The van der Waals surface area contributed by atoms with Crippen molar-refractivity contribution >= 4 is 17.5 Å². The number of hydrogen-bond donors (Lipinski definition) is 0. The fraction of sp³-hybridized carbons (Fsp3) is 0.269. The molecule has 1 aliphatic heterocycles. The summed E-state index contributed by atoms with van der Waals surface area (Å²) in [5.74, 6) is 1.12. The van der Waals surface area contributed by atoms with E-state index >= 15 is 0 Å². The zero-order valence-corrected chi connectivity index (χ0v) is 17.4. The topological polar surface area (TPSA) is 28.5 Å². The van der Waals surface area contributed by atoms with Crippen LogP contribution in [-0.4, -0.2) is 22.8 Å². The summed E-state index contributed by atoms with van der Waals surface area (Å²) in [6.45, 7) is 9.72. The molecule has 0 aliphatic carbocycles. The summed E-state index contributed by atoms with van der Waals surface area (Å²) in [6, 6.07) is 14.8. The van der Waals surface area contributed by atoms with Crippen LogP contribution in [0.3, 0.4) is 0 Å². The summed E-state index contributed by atoms with van der Waals surface area (Å²) in [7, 11) is 2.14. The van der Waals surface area contributed by atoms with Gasteiger partial charge in [-0.15, -0.1) is 5.73 Å². The molecule has 0 saturated carbocycles. The van der Waals surface area contributed by atoms with Crippen molar-refractivity contribution < 1.29 is 0 Å². The third kappa shape index (κ3) is 4.82. The molecule has 0 amide bonds. The maximum absolute atomic E-state index is 5.13. The first-order chi connectivity index (χ1) is 14.2. The molecule has 0 spiro atoms. The van der Waals surface area contributed by atoms with Gasteiger partial charge in [0.05, 0.1) is 17.4 Å². The Morgan fingerprint density at radius 2 is 2.07 bits per heavy atom. The van der Waals surface area contributed by atoms with E-state index in [2.05, 4.69) is 73.1 Å². The van der Waals surface area contributed by atoms with Gasteiger partial charge in [0.25, 0.3) is 0 Å². The number of piperidine rings is 1. The molecule has 0 bridgehead atoms. The van der Waals surface area contributed by atoms with Crippen LogP contribution in [0.4, 0.5) is 0 Å². The zero-order chi connectivity index (χ0) is 20.6. The van der Waals surface area contributed by atoms with E-state index in [1.54, 1.807) is 6.08 Å². The molecular formula is C26H29N3. The number of nitrogens with zero attached hydrogens (tertiary/aromatic N) is 3. The molecular weight excluding hydrogens is 354 g/mol. The summed E-state index contributed by atoms with van der Waals surface area (Å²) in [6.07, 6.45) is 9.73. The third-order valence-electron chi connectivity index (χ3n) is 5.40. The maximum Gasteiger partial charge on any atom is 0.105 e. The molecule has 2 aromatic rings. The fourth-order valence-electron chi connectivity index (χ4n) is 3.80. The van der Waals surface area contributed by atoms with E-state index in [1.165, 1.54) is 5.56 Å². The lowest BCUT2D eigenvalue weighted by molar-refractivity contribution is 0.313. The normalized spacial score (nSPS) is 18.8. The smallest absolute Gasteiger partial charge is 0.105 e. The molecule has 2 heterocycles. The molecule has 1 aromatic carbocycles. The second kappa shape index (κ2) is 9.86. The molecule has 1 saturated heterocycles. The van der Waals surface area contributed by atoms with Gasteiger partial charge in [0.2, 0.25) is 0 Å². The highest BCUT2D eigenvalue weighted by molar-refractivity contribution is 5.86. The SMILES string of the molecule is C=C=C/C(=C(/CC)N=C1CCCC(c2ccc(C=C)nc2)N1C)c1ccccc1. The zero-order valence-electron chi connectivity index (χ0n) is 17.4. The van der Waals surface area contributed by atoms with E-state index in [9.17, 15) is 0 Å². The van der Waals surface area contributed by atoms with Crippen LogP contribution in [0.25, 0.3) is 11.6 Å².